The van der Waals surface area contributed by atoms with Crippen molar-refractivity contribution < 1.29 is 27.4 Å². The summed E-state index contributed by atoms with van der Waals surface area (Å²) in [5.41, 5.74) is 0.866. The number of methoxy groups -OCH3 is 1. The first-order valence-corrected chi connectivity index (χ1v) is 12.0. The topological polar surface area (TPSA) is 94.2 Å². The average Bonchev–Trinajstić information content (AvgIpc) is 2.79. The lowest BCUT2D eigenvalue weighted by Gasteiger charge is -2.17. The predicted molar refractivity (Wildman–Crippen MR) is 128 cm³/mol. The van der Waals surface area contributed by atoms with Gasteiger partial charge in [-0.15, -0.1) is 0 Å². The predicted octanol–water partition coefficient (Wildman–Crippen LogP) is 4.55. The van der Waals surface area contributed by atoms with Crippen molar-refractivity contribution >= 4 is 38.9 Å². The Labute approximate surface area is 197 Å². The number of hydrogen-bond donors (Lipinski definition) is 1. The van der Waals surface area contributed by atoms with Crippen LogP contribution in [0.25, 0.3) is 0 Å². The maximum absolute atomic E-state index is 12.5. The largest absolute Gasteiger partial charge is 0.497 e. The van der Waals surface area contributed by atoms with Gasteiger partial charge in [0.25, 0.3) is 5.91 Å². The van der Waals surface area contributed by atoms with Crippen molar-refractivity contribution in [2.45, 2.75) is 0 Å². The molecule has 0 aliphatic carbocycles. The Balaban J connectivity index is 1.63. The minimum Gasteiger partial charge on any atom is -0.497 e. The van der Waals surface area contributed by atoms with Crippen LogP contribution in [-0.4, -0.2) is 41.3 Å². The lowest BCUT2D eigenvalue weighted by molar-refractivity contribution is -0.118. The molecule has 0 saturated carbocycles. The molecule has 8 nitrogen and oxygen atoms in total. The van der Waals surface area contributed by atoms with Gasteiger partial charge in [-0.25, -0.2) is 8.42 Å². The quantitative estimate of drug-likeness (QED) is 0.472. The second kappa shape index (κ2) is 10.5. The van der Waals surface area contributed by atoms with Crippen LogP contribution in [0.4, 0.5) is 11.4 Å². The van der Waals surface area contributed by atoms with Crippen molar-refractivity contribution in [1.29, 1.82) is 0 Å². The second-order valence-corrected chi connectivity index (χ2v) is 9.43. The first-order valence-electron chi connectivity index (χ1n) is 9.74. The molecule has 0 unspecified atom stereocenters. The molecule has 0 aliphatic rings. The molecule has 0 heterocycles. The molecule has 1 amide bonds. The molecule has 0 spiro atoms. The highest BCUT2D eigenvalue weighted by molar-refractivity contribution is 7.92. The molecule has 1 N–H and O–H groups in total. The Hall–Kier alpha value is -3.43. The first kappa shape index (κ1) is 24.2. The van der Waals surface area contributed by atoms with Crippen LogP contribution in [0.1, 0.15) is 0 Å². The minimum atomic E-state index is -3.36. The zero-order chi connectivity index (χ0) is 24.0. The SMILES string of the molecule is COc1ccc(Oc2ccc(Cl)cc2NC(=O)COc2ccc(N(C)S(C)(=O)=O)cc2)cc1. The molecule has 0 saturated heterocycles. The molecule has 3 rings (SSSR count). The standard InChI is InChI=1S/C23H23ClN2O6S/c1-26(33(3,28)29)17-5-7-19(8-6-17)31-15-23(27)25-21-14-16(24)4-13-22(21)32-20-11-9-18(30-2)10-12-20/h4-14H,15H2,1-3H3,(H,25,27). The molecular formula is C23H23ClN2O6S. The van der Waals surface area contributed by atoms with Gasteiger partial charge in [-0.05, 0) is 66.7 Å². The molecule has 33 heavy (non-hydrogen) atoms. The van der Waals surface area contributed by atoms with Gasteiger partial charge < -0.3 is 19.5 Å². The van der Waals surface area contributed by atoms with Crippen LogP contribution >= 0.6 is 11.6 Å². The third kappa shape index (κ3) is 6.77. The third-order valence-electron chi connectivity index (χ3n) is 4.57. The van der Waals surface area contributed by atoms with Gasteiger partial charge in [-0.1, -0.05) is 11.6 Å². The number of nitrogens with one attached hydrogen (secondary N) is 1. The van der Waals surface area contributed by atoms with Crippen molar-refractivity contribution in [2.24, 2.45) is 0 Å². The van der Waals surface area contributed by atoms with E-state index in [2.05, 4.69) is 5.32 Å². The number of ether oxygens (including phenoxy) is 3. The molecule has 3 aromatic rings. The number of benzene rings is 3. The van der Waals surface area contributed by atoms with E-state index in [-0.39, 0.29) is 6.61 Å². The fourth-order valence-electron chi connectivity index (χ4n) is 2.74. The molecule has 0 aliphatic heterocycles. The summed E-state index contributed by atoms with van der Waals surface area (Å²) in [6.45, 7) is -0.268. The van der Waals surface area contributed by atoms with Crippen molar-refractivity contribution in [3.63, 3.8) is 0 Å². The maximum atomic E-state index is 12.5. The summed E-state index contributed by atoms with van der Waals surface area (Å²) in [5.74, 6) is 1.65. The van der Waals surface area contributed by atoms with Crippen LogP contribution in [0.5, 0.6) is 23.0 Å². The van der Waals surface area contributed by atoms with Gasteiger partial charge in [-0.3, -0.25) is 9.10 Å². The van der Waals surface area contributed by atoms with Crippen molar-refractivity contribution in [1.82, 2.24) is 0 Å². The van der Waals surface area contributed by atoms with Gasteiger partial charge in [0.1, 0.15) is 17.2 Å². The Kier molecular flexibility index (Phi) is 7.67. The van der Waals surface area contributed by atoms with Gasteiger partial charge in [0.2, 0.25) is 10.0 Å². The van der Waals surface area contributed by atoms with Crippen LogP contribution in [-0.2, 0) is 14.8 Å². The highest BCUT2D eigenvalue weighted by Gasteiger charge is 2.13. The lowest BCUT2D eigenvalue weighted by atomic mass is 10.2. The van der Waals surface area contributed by atoms with E-state index >= 15 is 0 Å². The number of carbonyl (C=O) groups is 1. The number of amides is 1. The van der Waals surface area contributed by atoms with Crippen LogP contribution < -0.4 is 23.8 Å². The summed E-state index contributed by atoms with van der Waals surface area (Å²) in [6, 6.07) is 18.2. The van der Waals surface area contributed by atoms with Gasteiger partial charge in [0.05, 0.1) is 24.7 Å². The summed E-state index contributed by atoms with van der Waals surface area (Å²) in [4.78, 5) is 12.5. The molecule has 10 heteroatoms. The number of halogens is 1. The summed E-state index contributed by atoms with van der Waals surface area (Å²) in [7, 11) is -0.333. The zero-order valence-electron chi connectivity index (χ0n) is 18.2. The third-order valence-corrected chi connectivity index (χ3v) is 6.01. The highest BCUT2D eigenvalue weighted by Crippen LogP contribution is 2.32. The number of nitrogens with zero attached hydrogens (tertiary/aromatic N) is 1. The monoisotopic (exact) mass is 490 g/mol. The highest BCUT2D eigenvalue weighted by atomic mass is 35.5. The summed E-state index contributed by atoms with van der Waals surface area (Å²) in [5, 5.41) is 3.16. The van der Waals surface area contributed by atoms with E-state index in [1.54, 1.807) is 73.8 Å². The Bertz CT molecular complexity index is 1210. The van der Waals surface area contributed by atoms with E-state index in [1.165, 1.54) is 7.05 Å². The molecule has 3 aromatic carbocycles. The minimum absolute atomic E-state index is 0.268. The second-order valence-electron chi connectivity index (χ2n) is 6.98. The van der Waals surface area contributed by atoms with Crippen LogP contribution in [0.3, 0.4) is 0 Å². The Morgan fingerprint density at radius 2 is 1.58 bits per heavy atom. The summed E-state index contributed by atoms with van der Waals surface area (Å²) in [6.07, 6.45) is 1.12. The Morgan fingerprint density at radius 3 is 2.18 bits per heavy atom. The molecule has 0 fully saturated rings. The first-order chi connectivity index (χ1) is 15.7. The van der Waals surface area contributed by atoms with Crippen molar-refractivity contribution in [3.8, 4) is 23.0 Å². The van der Waals surface area contributed by atoms with Gasteiger partial charge in [0, 0.05) is 12.1 Å². The average molecular weight is 491 g/mol. The van der Waals surface area contributed by atoms with Crippen molar-refractivity contribution in [2.75, 3.05) is 36.6 Å². The van der Waals surface area contributed by atoms with E-state index in [4.69, 9.17) is 25.8 Å². The molecular weight excluding hydrogens is 468 g/mol. The van der Waals surface area contributed by atoms with Gasteiger partial charge in [-0.2, -0.15) is 0 Å². The van der Waals surface area contributed by atoms with Crippen molar-refractivity contribution in [3.05, 3.63) is 71.8 Å². The fraction of sp³-hybridized carbons (Fsp3) is 0.174. The number of carbonyl (C=O) groups excluding carboxylic acids is 1. The van der Waals surface area contributed by atoms with E-state index in [0.717, 1.165) is 10.6 Å². The van der Waals surface area contributed by atoms with Crippen LogP contribution in [0, 0.1) is 0 Å². The van der Waals surface area contributed by atoms with Gasteiger partial charge >= 0.3 is 0 Å². The Morgan fingerprint density at radius 1 is 0.970 bits per heavy atom. The molecule has 0 atom stereocenters. The van der Waals surface area contributed by atoms with Gasteiger partial charge in [0.15, 0.2) is 12.4 Å². The fourth-order valence-corrected chi connectivity index (χ4v) is 3.42. The number of rotatable bonds is 9. The number of hydrogen-bond acceptors (Lipinski definition) is 6. The normalized spacial score (nSPS) is 10.9. The smallest absolute Gasteiger partial charge is 0.262 e. The lowest BCUT2D eigenvalue weighted by Crippen LogP contribution is -2.24. The van der Waals surface area contributed by atoms with E-state index < -0.39 is 15.9 Å². The van der Waals surface area contributed by atoms with Crippen LogP contribution in [0.2, 0.25) is 5.02 Å². The molecule has 0 bridgehead atoms. The zero-order valence-corrected chi connectivity index (χ0v) is 19.8. The summed E-state index contributed by atoms with van der Waals surface area (Å²) >= 11 is 6.09. The number of anilines is 2. The summed E-state index contributed by atoms with van der Waals surface area (Å²) < 4.78 is 40.9. The van der Waals surface area contributed by atoms with E-state index in [0.29, 0.717) is 39.4 Å². The van der Waals surface area contributed by atoms with Crippen LogP contribution in [0.15, 0.2) is 66.7 Å². The molecule has 0 aromatic heterocycles. The van der Waals surface area contributed by atoms with E-state index in [1.807, 2.05) is 0 Å². The van der Waals surface area contributed by atoms with E-state index in [9.17, 15) is 13.2 Å². The molecule has 174 valence electrons. The molecule has 0 radical (unpaired) electrons. The maximum Gasteiger partial charge on any atom is 0.262 e. The number of sulfonamides is 1.